The highest BCUT2D eigenvalue weighted by Gasteiger charge is 2.33. The molecule has 1 amide bonds. The topological polar surface area (TPSA) is 72.1 Å². The number of rotatable bonds is 6. The summed E-state index contributed by atoms with van der Waals surface area (Å²) < 4.78 is 5.78. The Morgan fingerprint density at radius 3 is 2.71 bits per heavy atom. The number of amides is 1. The second kappa shape index (κ2) is 8.32. The highest BCUT2D eigenvalue weighted by Crippen LogP contribution is 2.30. The van der Waals surface area contributed by atoms with E-state index in [1.165, 1.54) is 0 Å². The first-order chi connectivity index (χ1) is 15.2. The van der Waals surface area contributed by atoms with Gasteiger partial charge >= 0.3 is 0 Å². The Kier molecular flexibility index (Phi) is 5.22. The van der Waals surface area contributed by atoms with Crippen molar-refractivity contribution in [2.24, 2.45) is 0 Å². The highest BCUT2D eigenvalue weighted by atomic mass is 35.5. The molecule has 1 aliphatic rings. The average molecular weight is 431 g/mol. The molecule has 2 heterocycles. The molecule has 0 radical (unpaired) electrons. The van der Waals surface area contributed by atoms with Crippen molar-refractivity contribution >= 4 is 34.5 Å². The molecule has 1 fully saturated rings. The van der Waals surface area contributed by atoms with Crippen molar-refractivity contribution in [3.8, 4) is 11.5 Å². The number of pyridine rings is 1. The maximum atomic E-state index is 12.9. The van der Waals surface area contributed by atoms with Gasteiger partial charge in [-0.15, -0.1) is 10.2 Å². The van der Waals surface area contributed by atoms with Crippen molar-refractivity contribution in [3.05, 3.63) is 83.3 Å². The average Bonchev–Trinajstić information content (AvgIpc) is 3.53. The van der Waals surface area contributed by atoms with Crippen molar-refractivity contribution in [1.82, 2.24) is 20.1 Å². The molecule has 1 aliphatic carbocycles. The fourth-order valence-electron chi connectivity index (χ4n) is 3.41. The zero-order chi connectivity index (χ0) is 21.2. The minimum atomic E-state index is -0.102. The van der Waals surface area contributed by atoms with Crippen molar-refractivity contribution in [2.45, 2.75) is 25.4 Å². The van der Waals surface area contributed by atoms with Crippen LogP contribution in [0.1, 0.15) is 24.4 Å². The largest absolute Gasteiger partial charge is 0.419 e. The van der Waals surface area contributed by atoms with E-state index in [4.69, 9.17) is 16.0 Å². The Balaban J connectivity index is 1.32. The summed E-state index contributed by atoms with van der Waals surface area (Å²) in [5, 5.41) is 9.81. The summed E-state index contributed by atoms with van der Waals surface area (Å²) in [7, 11) is 0. The first-order valence-corrected chi connectivity index (χ1v) is 10.5. The summed E-state index contributed by atoms with van der Waals surface area (Å²) in [6, 6.07) is 19.3. The molecule has 0 N–H and O–H groups in total. The third-order valence-electron chi connectivity index (χ3n) is 5.16. The molecular weight excluding hydrogens is 412 g/mol. The molecule has 0 aliphatic heterocycles. The fraction of sp³-hybridized carbons (Fsp3) is 0.167. The lowest BCUT2D eigenvalue weighted by Crippen LogP contribution is -2.31. The number of hydrogen-bond acceptors (Lipinski definition) is 5. The molecule has 2 aromatic carbocycles. The lowest BCUT2D eigenvalue weighted by atomic mass is 10.2. The van der Waals surface area contributed by atoms with E-state index in [2.05, 4.69) is 15.2 Å². The van der Waals surface area contributed by atoms with Gasteiger partial charge in [0.2, 0.25) is 17.7 Å². The van der Waals surface area contributed by atoms with E-state index in [9.17, 15) is 4.79 Å². The summed E-state index contributed by atoms with van der Waals surface area (Å²) >= 11 is 6.21. The number of carbonyl (C=O) groups excluding carboxylic acids is 1. The molecule has 0 atom stereocenters. The van der Waals surface area contributed by atoms with E-state index < -0.39 is 0 Å². The minimum absolute atomic E-state index is 0.102. The molecule has 1 saturated carbocycles. The van der Waals surface area contributed by atoms with Crippen LogP contribution in [0.25, 0.3) is 28.4 Å². The normalized spacial score (nSPS) is 13.7. The monoisotopic (exact) mass is 430 g/mol. The van der Waals surface area contributed by atoms with Gasteiger partial charge in [-0.1, -0.05) is 48.0 Å². The van der Waals surface area contributed by atoms with Crippen molar-refractivity contribution < 1.29 is 9.21 Å². The van der Waals surface area contributed by atoms with Gasteiger partial charge in [-0.2, -0.15) is 0 Å². The Morgan fingerprint density at radius 1 is 1.06 bits per heavy atom. The molecule has 0 spiro atoms. The molecule has 2 aromatic heterocycles. The van der Waals surface area contributed by atoms with Crippen LogP contribution in [0.15, 0.2) is 71.2 Å². The molecule has 154 valence electrons. The number of benzene rings is 2. The number of halogens is 1. The van der Waals surface area contributed by atoms with Crippen LogP contribution in [0.4, 0.5) is 0 Å². The van der Waals surface area contributed by atoms with Crippen LogP contribution in [0, 0.1) is 0 Å². The lowest BCUT2D eigenvalue weighted by molar-refractivity contribution is -0.127. The van der Waals surface area contributed by atoms with E-state index in [0.29, 0.717) is 22.4 Å². The molecule has 0 unspecified atom stereocenters. The smallest absolute Gasteiger partial charge is 0.249 e. The summed E-state index contributed by atoms with van der Waals surface area (Å²) in [6.07, 6.45) is 5.24. The van der Waals surface area contributed by atoms with E-state index >= 15 is 0 Å². The Morgan fingerprint density at radius 2 is 1.87 bits per heavy atom. The van der Waals surface area contributed by atoms with Crippen LogP contribution in [0.2, 0.25) is 5.02 Å². The summed E-state index contributed by atoms with van der Waals surface area (Å²) in [4.78, 5) is 19.2. The van der Waals surface area contributed by atoms with Gasteiger partial charge in [0.25, 0.3) is 0 Å². The molecule has 4 aromatic rings. The fourth-order valence-corrected chi connectivity index (χ4v) is 3.62. The van der Waals surface area contributed by atoms with Gasteiger partial charge in [-0.3, -0.25) is 4.79 Å². The van der Waals surface area contributed by atoms with Crippen LogP contribution in [-0.4, -0.2) is 32.0 Å². The van der Waals surface area contributed by atoms with Crippen LogP contribution in [0.3, 0.4) is 0 Å². The summed E-state index contributed by atoms with van der Waals surface area (Å²) in [5.74, 6) is 0.627. The molecule has 5 rings (SSSR count). The predicted octanol–water partition coefficient (Wildman–Crippen LogP) is 5.14. The molecular formula is C24H19ClN4O2. The Bertz CT molecular complexity index is 1280. The molecule has 7 heteroatoms. The van der Waals surface area contributed by atoms with Gasteiger partial charge in [0.1, 0.15) is 0 Å². The number of carbonyl (C=O) groups is 1. The minimum Gasteiger partial charge on any atom is -0.419 e. The predicted molar refractivity (Wildman–Crippen MR) is 119 cm³/mol. The third-order valence-corrected chi connectivity index (χ3v) is 5.49. The Hall–Kier alpha value is -3.51. The van der Waals surface area contributed by atoms with Crippen molar-refractivity contribution in [1.29, 1.82) is 0 Å². The molecule has 31 heavy (non-hydrogen) atoms. The van der Waals surface area contributed by atoms with Crippen molar-refractivity contribution in [3.63, 3.8) is 0 Å². The number of fused-ring (bicyclic) bond motifs is 1. The summed E-state index contributed by atoms with van der Waals surface area (Å²) in [5.41, 5.74) is 2.31. The zero-order valence-corrected chi connectivity index (χ0v) is 17.4. The van der Waals surface area contributed by atoms with Gasteiger partial charge in [-0.05, 0) is 43.2 Å². The maximum absolute atomic E-state index is 12.9. The second-order valence-electron chi connectivity index (χ2n) is 7.44. The number of para-hydroxylation sites is 1. The standard InChI is InChI=1S/C24H19ClN4O2/c25-20-7-3-2-6-19(20)24-28-27-22(31-24)15-29(18-12-13-18)23(30)14-11-17-10-9-16-5-1-4-8-21(16)26-17/h1-11,14,18H,12-13,15H2/b14-11+. The van der Waals surface area contributed by atoms with Gasteiger partial charge in [0.15, 0.2) is 0 Å². The van der Waals surface area contributed by atoms with Crippen LogP contribution in [-0.2, 0) is 11.3 Å². The second-order valence-corrected chi connectivity index (χ2v) is 7.85. The van der Waals surface area contributed by atoms with Crippen LogP contribution < -0.4 is 0 Å². The molecule has 6 nitrogen and oxygen atoms in total. The van der Waals surface area contributed by atoms with Gasteiger partial charge < -0.3 is 9.32 Å². The van der Waals surface area contributed by atoms with E-state index in [0.717, 1.165) is 29.4 Å². The van der Waals surface area contributed by atoms with Gasteiger partial charge in [-0.25, -0.2) is 4.98 Å². The van der Waals surface area contributed by atoms with Gasteiger partial charge in [0, 0.05) is 17.5 Å². The zero-order valence-electron chi connectivity index (χ0n) is 16.6. The highest BCUT2D eigenvalue weighted by molar-refractivity contribution is 6.33. The summed E-state index contributed by atoms with van der Waals surface area (Å²) in [6.45, 7) is 0.260. The SMILES string of the molecule is O=C(/C=C/c1ccc2ccccc2n1)N(Cc1nnc(-c2ccccc2Cl)o1)C1CC1. The number of aromatic nitrogens is 3. The van der Waals surface area contributed by atoms with Crippen LogP contribution in [0.5, 0.6) is 0 Å². The first-order valence-electron chi connectivity index (χ1n) is 10.1. The lowest BCUT2D eigenvalue weighted by Gasteiger charge is -2.18. The van der Waals surface area contributed by atoms with Gasteiger partial charge in [0.05, 0.1) is 28.3 Å². The molecule has 0 bridgehead atoms. The number of nitrogens with zero attached hydrogens (tertiary/aromatic N) is 4. The van der Waals surface area contributed by atoms with E-state index in [1.54, 1.807) is 23.1 Å². The molecule has 0 saturated heterocycles. The van der Waals surface area contributed by atoms with Crippen LogP contribution >= 0.6 is 11.6 Å². The number of hydrogen-bond donors (Lipinski definition) is 0. The van der Waals surface area contributed by atoms with E-state index in [1.807, 2.05) is 54.6 Å². The van der Waals surface area contributed by atoms with E-state index in [-0.39, 0.29) is 18.5 Å². The maximum Gasteiger partial charge on any atom is 0.249 e. The Labute approximate surface area is 184 Å². The third kappa shape index (κ3) is 4.34. The quantitative estimate of drug-likeness (QED) is 0.396. The van der Waals surface area contributed by atoms with Crippen molar-refractivity contribution in [2.75, 3.05) is 0 Å². The first kappa shape index (κ1) is 19.5.